The fraction of sp³-hybridized carbons (Fsp3) is 0.533. The van der Waals surface area contributed by atoms with Crippen molar-refractivity contribution in [1.29, 1.82) is 0 Å². The molecule has 2 N–H and O–H groups in total. The normalized spacial score (nSPS) is 15.8. The lowest BCUT2D eigenvalue weighted by atomic mass is 9.85. The summed E-state index contributed by atoms with van der Waals surface area (Å²) in [6, 6.07) is 9.82. The zero-order valence-electron chi connectivity index (χ0n) is 11.4. The van der Waals surface area contributed by atoms with Crippen LogP contribution in [0.3, 0.4) is 0 Å². The summed E-state index contributed by atoms with van der Waals surface area (Å²) < 4.78 is 0. The highest BCUT2D eigenvalue weighted by molar-refractivity contribution is 5.83. The van der Waals surface area contributed by atoms with E-state index in [1.165, 1.54) is 0 Å². The molecule has 0 fully saturated rings. The van der Waals surface area contributed by atoms with Crippen molar-refractivity contribution in [3.63, 3.8) is 0 Å². The van der Waals surface area contributed by atoms with E-state index in [0.717, 1.165) is 12.0 Å². The Bertz CT molecular complexity index is 362. The van der Waals surface area contributed by atoms with Crippen molar-refractivity contribution in [2.45, 2.75) is 39.2 Å². The lowest BCUT2D eigenvalue weighted by molar-refractivity contribution is -0.124. The van der Waals surface area contributed by atoms with Crippen LogP contribution in [0.1, 0.15) is 38.7 Å². The third-order valence-electron chi connectivity index (χ3n) is 3.23. The van der Waals surface area contributed by atoms with Crippen molar-refractivity contribution in [1.82, 2.24) is 5.32 Å². The molecule has 0 saturated heterocycles. The topological polar surface area (TPSA) is 49.3 Å². The Labute approximate surface area is 109 Å². The summed E-state index contributed by atoms with van der Waals surface area (Å²) >= 11 is 0. The number of carbonyl (C=O) groups excluding carboxylic acids is 1. The molecule has 0 radical (unpaired) electrons. The third-order valence-corrected chi connectivity index (χ3v) is 3.23. The zero-order valence-corrected chi connectivity index (χ0v) is 11.4. The highest BCUT2D eigenvalue weighted by Crippen LogP contribution is 2.26. The SMILES string of the molecule is CCC(C)C(C(=O)NC[C@H](C)O)c1ccccc1. The highest BCUT2D eigenvalue weighted by atomic mass is 16.3. The fourth-order valence-corrected chi connectivity index (χ4v) is 1.99. The van der Waals surface area contributed by atoms with Crippen molar-refractivity contribution < 1.29 is 9.90 Å². The fourth-order valence-electron chi connectivity index (χ4n) is 1.99. The molecule has 1 aromatic carbocycles. The van der Waals surface area contributed by atoms with E-state index in [-0.39, 0.29) is 17.7 Å². The minimum Gasteiger partial charge on any atom is -0.392 e. The number of hydrogen-bond donors (Lipinski definition) is 2. The summed E-state index contributed by atoms with van der Waals surface area (Å²) in [6.45, 7) is 6.14. The van der Waals surface area contributed by atoms with Gasteiger partial charge in [-0.3, -0.25) is 4.79 Å². The number of nitrogens with one attached hydrogen (secondary N) is 1. The molecule has 3 atom stereocenters. The lowest BCUT2D eigenvalue weighted by Gasteiger charge is -2.23. The van der Waals surface area contributed by atoms with Gasteiger partial charge in [-0.1, -0.05) is 50.6 Å². The minimum absolute atomic E-state index is 0.00329. The molecule has 0 spiro atoms. The maximum atomic E-state index is 12.2. The van der Waals surface area contributed by atoms with Gasteiger partial charge >= 0.3 is 0 Å². The van der Waals surface area contributed by atoms with Gasteiger partial charge in [0.1, 0.15) is 0 Å². The first-order valence-electron chi connectivity index (χ1n) is 6.57. The molecule has 1 aromatic rings. The van der Waals surface area contributed by atoms with Gasteiger partial charge < -0.3 is 10.4 Å². The molecule has 0 aromatic heterocycles. The second-order valence-electron chi connectivity index (χ2n) is 4.87. The van der Waals surface area contributed by atoms with Gasteiger partial charge in [0.05, 0.1) is 12.0 Å². The van der Waals surface area contributed by atoms with Crippen LogP contribution in [0, 0.1) is 5.92 Å². The largest absolute Gasteiger partial charge is 0.392 e. The van der Waals surface area contributed by atoms with E-state index < -0.39 is 6.10 Å². The van der Waals surface area contributed by atoms with Crippen LogP contribution in [-0.4, -0.2) is 23.7 Å². The van der Waals surface area contributed by atoms with Gasteiger partial charge in [0.2, 0.25) is 5.91 Å². The van der Waals surface area contributed by atoms with Gasteiger partial charge in [0.15, 0.2) is 0 Å². The molecular weight excluding hydrogens is 226 g/mol. The quantitative estimate of drug-likeness (QED) is 0.813. The second kappa shape index (κ2) is 7.17. The number of aliphatic hydroxyl groups is 1. The van der Waals surface area contributed by atoms with Gasteiger partial charge in [-0.15, -0.1) is 0 Å². The van der Waals surface area contributed by atoms with Crippen molar-refractivity contribution in [2.75, 3.05) is 6.54 Å². The summed E-state index contributed by atoms with van der Waals surface area (Å²) in [5, 5.41) is 12.0. The van der Waals surface area contributed by atoms with Gasteiger partial charge in [0, 0.05) is 6.54 Å². The van der Waals surface area contributed by atoms with Crippen molar-refractivity contribution in [3.05, 3.63) is 35.9 Å². The Morgan fingerprint density at radius 2 is 1.89 bits per heavy atom. The molecule has 0 aliphatic carbocycles. The van der Waals surface area contributed by atoms with Crippen molar-refractivity contribution >= 4 is 5.91 Å². The highest BCUT2D eigenvalue weighted by Gasteiger charge is 2.25. The molecule has 0 aliphatic heterocycles. The minimum atomic E-state index is -0.512. The van der Waals surface area contributed by atoms with Gasteiger partial charge in [-0.2, -0.15) is 0 Å². The van der Waals surface area contributed by atoms with E-state index in [2.05, 4.69) is 19.2 Å². The second-order valence-corrected chi connectivity index (χ2v) is 4.87. The van der Waals surface area contributed by atoms with Crippen LogP contribution in [0.2, 0.25) is 0 Å². The van der Waals surface area contributed by atoms with Gasteiger partial charge in [0.25, 0.3) is 0 Å². The van der Waals surface area contributed by atoms with Crippen LogP contribution in [0.4, 0.5) is 0 Å². The summed E-state index contributed by atoms with van der Waals surface area (Å²) in [7, 11) is 0. The summed E-state index contributed by atoms with van der Waals surface area (Å²) in [5.41, 5.74) is 1.04. The van der Waals surface area contributed by atoms with E-state index >= 15 is 0 Å². The summed E-state index contributed by atoms with van der Waals surface area (Å²) in [5.74, 6) is 0.132. The first-order valence-corrected chi connectivity index (χ1v) is 6.57. The van der Waals surface area contributed by atoms with E-state index in [1.54, 1.807) is 6.92 Å². The van der Waals surface area contributed by atoms with Crippen LogP contribution < -0.4 is 5.32 Å². The Balaban J connectivity index is 2.82. The summed E-state index contributed by atoms with van der Waals surface area (Å²) in [6.07, 6.45) is 0.434. The van der Waals surface area contributed by atoms with Crippen molar-refractivity contribution in [3.8, 4) is 0 Å². The smallest absolute Gasteiger partial charge is 0.227 e. The van der Waals surface area contributed by atoms with Crippen LogP contribution in [-0.2, 0) is 4.79 Å². The number of benzene rings is 1. The lowest BCUT2D eigenvalue weighted by Crippen LogP contribution is -2.36. The molecule has 1 amide bonds. The predicted octanol–water partition coefficient (Wildman–Crippen LogP) is 2.31. The summed E-state index contributed by atoms with van der Waals surface area (Å²) in [4.78, 5) is 12.2. The first-order chi connectivity index (χ1) is 8.56. The number of carbonyl (C=O) groups is 1. The standard InChI is InChI=1S/C15H23NO2/c1-4-11(2)14(13-8-6-5-7-9-13)15(18)16-10-12(3)17/h5-9,11-12,14,17H,4,10H2,1-3H3,(H,16,18)/t11?,12-,14?/m0/s1. The average Bonchev–Trinajstić information content (AvgIpc) is 2.37. The molecule has 0 bridgehead atoms. The van der Waals surface area contributed by atoms with Crippen LogP contribution >= 0.6 is 0 Å². The molecule has 100 valence electrons. The molecule has 1 rings (SSSR count). The van der Waals surface area contributed by atoms with E-state index in [0.29, 0.717) is 6.54 Å². The van der Waals surface area contributed by atoms with E-state index in [9.17, 15) is 9.90 Å². The predicted molar refractivity (Wildman–Crippen MR) is 73.3 cm³/mol. The van der Waals surface area contributed by atoms with Crippen LogP contribution in [0.5, 0.6) is 0 Å². The molecule has 0 heterocycles. The monoisotopic (exact) mass is 249 g/mol. The Kier molecular flexibility index (Phi) is 5.86. The van der Waals surface area contributed by atoms with Crippen LogP contribution in [0.25, 0.3) is 0 Å². The molecule has 0 saturated carbocycles. The molecule has 3 heteroatoms. The molecule has 18 heavy (non-hydrogen) atoms. The van der Waals surface area contributed by atoms with Gasteiger partial charge in [-0.05, 0) is 18.4 Å². The molecular formula is C15H23NO2. The average molecular weight is 249 g/mol. The Morgan fingerprint density at radius 1 is 1.28 bits per heavy atom. The van der Waals surface area contributed by atoms with Crippen LogP contribution in [0.15, 0.2) is 30.3 Å². The first kappa shape index (κ1) is 14.7. The van der Waals surface area contributed by atoms with E-state index in [1.807, 2.05) is 30.3 Å². The molecule has 3 nitrogen and oxygen atoms in total. The molecule has 0 aliphatic rings. The zero-order chi connectivity index (χ0) is 13.5. The molecule has 2 unspecified atom stereocenters. The number of aliphatic hydroxyl groups excluding tert-OH is 1. The number of amides is 1. The van der Waals surface area contributed by atoms with Crippen molar-refractivity contribution in [2.24, 2.45) is 5.92 Å². The van der Waals surface area contributed by atoms with Gasteiger partial charge in [-0.25, -0.2) is 0 Å². The number of rotatable bonds is 6. The Morgan fingerprint density at radius 3 is 2.39 bits per heavy atom. The van der Waals surface area contributed by atoms with E-state index in [4.69, 9.17) is 0 Å². The number of hydrogen-bond acceptors (Lipinski definition) is 2. The Hall–Kier alpha value is -1.35. The third kappa shape index (κ3) is 4.15. The maximum Gasteiger partial charge on any atom is 0.227 e. The maximum absolute atomic E-state index is 12.2.